The highest BCUT2D eigenvalue weighted by molar-refractivity contribution is 6.41. The molecule has 3 N–H and O–H groups in total. The van der Waals surface area contributed by atoms with Crippen molar-refractivity contribution in [2.45, 2.75) is 30.6 Å². The van der Waals surface area contributed by atoms with E-state index in [-0.39, 0.29) is 46.9 Å². The Morgan fingerprint density at radius 2 is 2.17 bits per heavy atom. The number of anilines is 1. The fourth-order valence-corrected chi connectivity index (χ4v) is 4.53. The van der Waals surface area contributed by atoms with Gasteiger partial charge in [-0.25, -0.2) is 9.97 Å². The summed E-state index contributed by atoms with van der Waals surface area (Å²) in [4.78, 5) is 20.7. The molecule has 5 unspecified atom stereocenters. The number of carbonyl (C=O) groups excluding carboxylic acids is 1. The minimum Gasteiger partial charge on any atom is -0.395 e. The number of rotatable bonds is 6. The average molecular weight is 441 g/mol. The van der Waals surface area contributed by atoms with Gasteiger partial charge in [-0.3, -0.25) is 4.79 Å². The summed E-state index contributed by atoms with van der Waals surface area (Å²) in [7, 11) is 0. The molecule has 2 saturated heterocycles. The Bertz CT molecular complexity index is 919. The molecular formula is C19H19Cl2FN4O3. The van der Waals surface area contributed by atoms with Gasteiger partial charge < -0.3 is 20.5 Å². The van der Waals surface area contributed by atoms with Crippen LogP contribution in [-0.2, 0) is 9.53 Å². The zero-order valence-corrected chi connectivity index (χ0v) is 16.7. The van der Waals surface area contributed by atoms with Crippen molar-refractivity contribution >= 4 is 34.8 Å². The van der Waals surface area contributed by atoms with Gasteiger partial charge in [0.15, 0.2) is 0 Å². The number of pyridine rings is 2. The molecular weight excluding hydrogens is 422 g/mol. The van der Waals surface area contributed by atoms with Crippen LogP contribution in [0.25, 0.3) is 0 Å². The molecule has 4 rings (SSSR count). The van der Waals surface area contributed by atoms with E-state index in [1.165, 1.54) is 24.5 Å². The van der Waals surface area contributed by atoms with Crippen molar-refractivity contribution in [3.05, 3.63) is 52.3 Å². The maximum atomic E-state index is 13.8. The number of aliphatic hydroxyl groups excluding tert-OH is 1. The lowest BCUT2D eigenvalue weighted by atomic mass is 9.73. The quantitative estimate of drug-likeness (QED) is 0.596. The number of carbonyl (C=O) groups is 1. The largest absolute Gasteiger partial charge is 0.395 e. The van der Waals surface area contributed by atoms with Crippen molar-refractivity contribution < 1.29 is 19.0 Å². The molecule has 0 saturated carbocycles. The van der Waals surface area contributed by atoms with Crippen molar-refractivity contribution in [1.82, 2.24) is 15.3 Å². The molecule has 5 atom stereocenters. The molecule has 0 aliphatic carbocycles. The zero-order valence-electron chi connectivity index (χ0n) is 15.2. The lowest BCUT2D eigenvalue weighted by Crippen LogP contribution is -2.47. The number of aliphatic hydroxyl groups is 1. The van der Waals surface area contributed by atoms with Gasteiger partial charge in [-0.15, -0.1) is 0 Å². The summed E-state index contributed by atoms with van der Waals surface area (Å²) in [5.74, 6) is -1.76. The van der Waals surface area contributed by atoms with Gasteiger partial charge in [0.25, 0.3) is 0 Å². The van der Waals surface area contributed by atoms with Crippen molar-refractivity contribution in [2.75, 3.05) is 18.5 Å². The van der Waals surface area contributed by atoms with Crippen LogP contribution >= 0.6 is 23.2 Å². The fraction of sp³-hybridized carbons (Fsp3) is 0.421. The van der Waals surface area contributed by atoms with Gasteiger partial charge in [-0.05, 0) is 30.2 Å². The molecule has 29 heavy (non-hydrogen) atoms. The van der Waals surface area contributed by atoms with Gasteiger partial charge in [0.05, 0.1) is 41.6 Å². The number of hydrogen-bond donors (Lipinski definition) is 3. The van der Waals surface area contributed by atoms with E-state index < -0.39 is 11.9 Å². The second-order valence-corrected chi connectivity index (χ2v) is 7.87. The van der Waals surface area contributed by atoms with Crippen LogP contribution in [0.1, 0.15) is 17.9 Å². The summed E-state index contributed by atoms with van der Waals surface area (Å²) < 4.78 is 19.9. The van der Waals surface area contributed by atoms with Crippen molar-refractivity contribution in [3.8, 4) is 0 Å². The number of ether oxygens (including phenoxy) is 1. The van der Waals surface area contributed by atoms with Crippen LogP contribution in [0.4, 0.5) is 10.1 Å². The van der Waals surface area contributed by atoms with Gasteiger partial charge in [0.1, 0.15) is 5.15 Å². The Balaban J connectivity index is 1.60. The number of nitrogens with one attached hydrogen (secondary N) is 2. The van der Waals surface area contributed by atoms with Crippen LogP contribution < -0.4 is 10.6 Å². The zero-order chi connectivity index (χ0) is 20.5. The molecule has 2 fully saturated rings. The number of aromatic nitrogens is 2. The molecule has 10 heteroatoms. The first-order chi connectivity index (χ1) is 14.0. The summed E-state index contributed by atoms with van der Waals surface area (Å²) in [6, 6.07) is 4.51. The topological polar surface area (TPSA) is 96.4 Å². The summed E-state index contributed by atoms with van der Waals surface area (Å²) in [6.45, 7) is 0.414. The number of fused-ring (bicyclic) bond motifs is 2. The van der Waals surface area contributed by atoms with Gasteiger partial charge >= 0.3 is 0 Å². The Hall–Kier alpha value is -1.84. The van der Waals surface area contributed by atoms with Crippen LogP contribution in [0.3, 0.4) is 0 Å². The molecule has 0 radical (unpaired) electrons. The molecule has 2 aromatic heterocycles. The first-order valence-corrected chi connectivity index (χ1v) is 9.96. The van der Waals surface area contributed by atoms with E-state index in [9.17, 15) is 9.18 Å². The Labute approximate surface area is 176 Å². The molecule has 1 amide bonds. The molecule has 2 bridgehead atoms. The normalized spacial score (nSPS) is 27.9. The Kier molecular flexibility index (Phi) is 5.98. The molecule has 0 spiro atoms. The van der Waals surface area contributed by atoms with Crippen LogP contribution in [0, 0.1) is 11.9 Å². The van der Waals surface area contributed by atoms with Crippen molar-refractivity contribution in [3.63, 3.8) is 0 Å². The predicted octanol–water partition coefficient (Wildman–Crippen LogP) is 2.38. The monoisotopic (exact) mass is 440 g/mol. The van der Waals surface area contributed by atoms with Crippen molar-refractivity contribution in [2.24, 2.45) is 5.92 Å². The summed E-state index contributed by atoms with van der Waals surface area (Å²) >= 11 is 11.8. The summed E-state index contributed by atoms with van der Waals surface area (Å²) in [5, 5.41) is 15.5. The van der Waals surface area contributed by atoms with E-state index in [2.05, 4.69) is 20.6 Å². The molecule has 7 nitrogen and oxygen atoms in total. The van der Waals surface area contributed by atoms with Gasteiger partial charge in [-0.1, -0.05) is 23.2 Å². The first kappa shape index (κ1) is 20.4. The summed E-state index contributed by atoms with van der Waals surface area (Å²) in [5.41, 5.74) is 1.06. The Morgan fingerprint density at radius 1 is 1.34 bits per heavy atom. The third-order valence-corrected chi connectivity index (χ3v) is 6.06. The van der Waals surface area contributed by atoms with E-state index in [4.69, 9.17) is 33.0 Å². The fourth-order valence-electron chi connectivity index (χ4n) is 4.26. The van der Waals surface area contributed by atoms with E-state index in [0.717, 1.165) is 0 Å². The minimum atomic E-state index is -0.613. The van der Waals surface area contributed by atoms with Crippen LogP contribution in [0.15, 0.2) is 30.6 Å². The number of nitrogens with zero attached hydrogens (tertiary/aromatic N) is 2. The SMILES string of the molecule is O=C(Nc1cnc(Cl)c(Cl)c1)C1C2CC(NCCO)C(O2)C1c1ccnc(F)c1. The van der Waals surface area contributed by atoms with Crippen LogP contribution in [0.2, 0.25) is 10.2 Å². The van der Waals surface area contributed by atoms with Crippen LogP contribution in [0.5, 0.6) is 0 Å². The maximum absolute atomic E-state index is 13.8. The maximum Gasteiger partial charge on any atom is 0.230 e. The van der Waals surface area contributed by atoms with E-state index >= 15 is 0 Å². The Morgan fingerprint density at radius 3 is 2.90 bits per heavy atom. The van der Waals surface area contributed by atoms with Gasteiger partial charge in [0.2, 0.25) is 11.9 Å². The molecule has 2 aliphatic heterocycles. The number of amides is 1. The van der Waals surface area contributed by atoms with Crippen molar-refractivity contribution in [1.29, 1.82) is 0 Å². The minimum absolute atomic E-state index is 0.00329. The van der Waals surface area contributed by atoms with E-state index in [1.54, 1.807) is 6.07 Å². The van der Waals surface area contributed by atoms with Gasteiger partial charge in [-0.2, -0.15) is 4.39 Å². The summed E-state index contributed by atoms with van der Waals surface area (Å²) in [6.07, 6.45) is 2.76. The van der Waals surface area contributed by atoms with E-state index in [1.807, 2.05) is 0 Å². The second-order valence-electron chi connectivity index (χ2n) is 7.11. The lowest BCUT2D eigenvalue weighted by Gasteiger charge is -2.32. The average Bonchev–Trinajstić information content (AvgIpc) is 3.27. The molecule has 0 aromatic carbocycles. The standard InChI is InChI=1S/C19H19Cl2FN4O3/c20-11-6-10(8-25-18(11)21)26-19(28)16-13-7-12(23-3-4-27)17(29-13)15(16)9-1-2-24-14(22)5-9/h1-2,5-6,8,12-13,15-17,23,27H,3-4,7H2,(H,26,28). The van der Waals surface area contributed by atoms with E-state index in [0.29, 0.717) is 24.2 Å². The third kappa shape index (κ3) is 4.08. The van der Waals surface area contributed by atoms with Gasteiger partial charge in [0, 0.05) is 24.7 Å². The first-order valence-electron chi connectivity index (χ1n) is 9.21. The smallest absolute Gasteiger partial charge is 0.230 e. The molecule has 2 aliphatic rings. The van der Waals surface area contributed by atoms with Crippen LogP contribution in [-0.4, -0.2) is 52.4 Å². The molecule has 4 heterocycles. The number of halogens is 3. The lowest BCUT2D eigenvalue weighted by molar-refractivity contribution is -0.121. The third-order valence-electron chi connectivity index (χ3n) is 5.38. The highest BCUT2D eigenvalue weighted by Gasteiger charge is 2.57. The highest BCUT2D eigenvalue weighted by Crippen LogP contribution is 2.49. The highest BCUT2D eigenvalue weighted by atomic mass is 35.5. The molecule has 2 aromatic rings. The number of hydrogen-bond acceptors (Lipinski definition) is 6. The predicted molar refractivity (Wildman–Crippen MR) is 105 cm³/mol. The molecule has 154 valence electrons. The second kappa shape index (κ2) is 8.49.